The molecule has 140 valence electrons. The van der Waals surface area contributed by atoms with E-state index < -0.39 is 0 Å². The third-order valence-corrected chi connectivity index (χ3v) is 5.29. The predicted molar refractivity (Wildman–Crippen MR) is 109 cm³/mol. The molecule has 1 aliphatic rings. The van der Waals surface area contributed by atoms with E-state index in [1.165, 1.54) is 18.4 Å². The first kappa shape index (κ1) is 18.2. The predicted octanol–water partition coefficient (Wildman–Crippen LogP) is 4.89. The molecular formula is C20H21ClN4OS. The molecule has 0 atom stereocenters. The zero-order valence-electron chi connectivity index (χ0n) is 15.1. The Kier molecular flexibility index (Phi) is 5.29. The van der Waals surface area contributed by atoms with Gasteiger partial charge in [0.1, 0.15) is 5.75 Å². The maximum atomic E-state index is 5.97. The van der Waals surface area contributed by atoms with Gasteiger partial charge in [-0.2, -0.15) is 4.98 Å². The monoisotopic (exact) mass is 400 g/mol. The van der Waals surface area contributed by atoms with Gasteiger partial charge < -0.3 is 4.74 Å². The van der Waals surface area contributed by atoms with Crippen molar-refractivity contribution in [3.05, 3.63) is 63.9 Å². The van der Waals surface area contributed by atoms with Crippen molar-refractivity contribution in [2.24, 2.45) is 0 Å². The Labute approximate surface area is 168 Å². The Morgan fingerprint density at radius 3 is 2.52 bits per heavy atom. The summed E-state index contributed by atoms with van der Waals surface area (Å²) in [6.07, 6.45) is 2.45. The molecule has 0 bridgehead atoms. The summed E-state index contributed by atoms with van der Waals surface area (Å²) in [7, 11) is 1.68. The topological polar surface area (TPSA) is 46.1 Å². The molecule has 7 heteroatoms. The van der Waals surface area contributed by atoms with Crippen LogP contribution >= 0.6 is 23.8 Å². The van der Waals surface area contributed by atoms with E-state index in [9.17, 15) is 0 Å². The van der Waals surface area contributed by atoms with E-state index in [4.69, 9.17) is 28.6 Å². The molecule has 1 N–H and O–H groups in total. The van der Waals surface area contributed by atoms with Crippen molar-refractivity contribution in [1.29, 1.82) is 0 Å². The third kappa shape index (κ3) is 4.40. The standard InChI is InChI=1S/C20H21ClN4OS/c1-26-18-10-2-14(3-11-18)12-24(17-8-9-17)13-25-20(27)22-19(23-25)15-4-6-16(21)7-5-15/h2-7,10-11,17H,8-9,12-13H2,1H3,(H,22,23,27). The second-order valence-corrected chi connectivity index (χ2v) is 7.56. The van der Waals surface area contributed by atoms with Crippen LogP contribution in [0, 0.1) is 4.77 Å². The molecule has 1 aliphatic carbocycles. The molecule has 1 fully saturated rings. The molecule has 1 aromatic heterocycles. The van der Waals surface area contributed by atoms with Crippen molar-refractivity contribution < 1.29 is 4.74 Å². The zero-order valence-corrected chi connectivity index (χ0v) is 16.6. The number of nitrogens with one attached hydrogen (secondary N) is 1. The Balaban J connectivity index is 1.51. The summed E-state index contributed by atoms with van der Waals surface area (Å²) in [5.41, 5.74) is 2.23. The number of rotatable bonds is 7. The van der Waals surface area contributed by atoms with Gasteiger partial charge in [0.25, 0.3) is 0 Å². The average molecular weight is 401 g/mol. The number of halogens is 1. The molecule has 0 spiro atoms. The van der Waals surface area contributed by atoms with Gasteiger partial charge in [-0.3, -0.25) is 10.00 Å². The van der Waals surface area contributed by atoms with E-state index in [0.29, 0.717) is 22.5 Å². The fourth-order valence-corrected chi connectivity index (χ4v) is 3.39. The Bertz CT molecular complexity index is 961. The van der Waals surface area contributed by atoms with Crippen LogP contribution in [0.3, 0.4) is 0 Å². The maximum Gasteiger partial charge on any atom is 0.217 e. The normalized spacial score (nSPS) is 13.9. The Morgan fingerprint density at radius 1 is 1.19 bits per heavy atom. The van der Waals surface area contributed by atoms with Crippen molar-refractivity contribution in [3.63, 3.8) is 0 Å². The van der Waals surface area contributed by atoms with Crippen LogP contribution < -0.4 is 4.74 Å². The number of hydrogen-bond acceptors (Lipinski definition) is 4. The maximum absolute atomic E-state index is 5.97. The number of nitrogens with zero attached hydrogens (tertiary/aromatic N) is 3. The first-order valence-electron chi connectivity index (χ1n) is 8.92. The van der Waals surface area contributed by atoms with Crippen LogP contribution in [0.4, 0.5) is 0 Å². The number of aromatic nitrogens is 3. The van der Waals surface area contributed by atoms with Crippen molar-refractivity contribution in [2.75, 3.05) is 7.11 Å². The lowest BCUT2D eigenvalue weighted by Gasteiger charge is -2.22. The summed E-state index contributed by atoms with van der Waals surface area (Å²) in [5.74, 6) is 1.64. The van der Waals surface area contributed by atoms with E-state index in [1.807, 2.05) is 41.1 Å². The van der Waals surface area contributed by atoms with Crippen molar-refractivity contribution in [3.8, 4) is 17.1 Å². The molecule has 2 aromatic carbocycles. The van der Waals surface area contributed by atoms with Crippen LogP contribution in [0.5, 0.6) is 5.75 Å². The first-order chi connectivity index (χ1) is 13.1. The van der Waals surface area contributed by atoms with Gasteiger partial charge in [-0.05, 0) is 67.0 Å². The van der Waals surface area contributed by atoms with Crippen LogP contribution in [0.2, 0.25) is 5.02 Å². The second kappa shape index (κ2) is 7.84. The minimum atomic E-state index is 0.556. The summed E-state index contributed by atoms with van der Waals surface area (Å²) in [4.78, 5) is 6.94. The number of H-pyrrole nitrogens is 1. The number of methoxy groups -OCH3 is 1. The fraction of sp³-hybridized carbons (Fsp3) is 0.300. The molecule has 0 saturated heterocycles. The molecule has 1 heterocycles. The largest absolute Gasteiger partial charge is 0.497 e. The summed E-state index contributed by atoms with van der Waals surface area (Å²) in [5, 5.41) is 4.04. The molecule has 27 heavy (non-hydrogen) atoms. The van der Waals surface area contributed by atoms with Gasteiger partial charge in [0.2, 0.25) is 4.77 Å². The smallest absolute Gasteiger partial charge is 0.217 e. The molecule has 0 radical (unpaired) electrons. The van der Waals surface area contributed by atoms with E-state index in [0.717, 1.165) is 23.7 Å². The minimum Gasteiger partial charge on any atom is -0.497 e. The van der Waals surface area contributed by atoms with Gasteiger partial charge in [0, 0.05) is 23.2 Å². The van der Waals surface area contributed by atoms with Gasteiger partial charge in [-0.1, -0.05) is 23.7 Å². The third-order valence-electron chi connectivity index (χ3n) is 4.73. The summed E-state index contributed by atoms with van der Waals surface area (Å²) in [6, 6.07) is 16.4. The summed E-state index contributed by atoms with van der Waals surface area (Å²) in [6.45, 7) is 1.56. The molecular weight excluding hydrogens is 380 g/mol. The van der Waals surface area contributed by atoms with E-state index in [1.54, 1.807) is 7.11 Å². The van der Waals surface area contributed by atoms with Crippen LogP contribution in [0.15, 0.2) is 48.5 Å². The second-order valence-electron chi connectivity index (χ2n) is 6.76. The van der Waals surface area contributed by atoms with E-state index >= 15 is 0 Å². The Hall–Kier alpha value is -2.15. The number of aromatic amines is 1. The van der Waals surface area contributed by atoms with Gasteiger partial charge in [-0.15, -0.1) is 0 Å². The molecule has 0 aliphatic heterocycles. The molecule has 3 aromatic rings. The van der Waals surface area contributed by atoms with Crippen molar-refractivity contribution >= 4 is 23.8 Å². The SMILES string of the molecule is COc1ccc(CN(Cn2[nH]c(-c3ccc(Cl)cc3)nc2=S)C2CC2)cc1. The van der Waals surface area contributed by atoms with Gasteiger partial charge >= 0.3 is 0 Å². The van der Waals surface area contributed by atoms with Crippen LogP contribution in [-0.4, -0.2) is 32.8 Å². The highest BCUT2D eigenvalue weighted by Gasteiger charge is 2.29. The highest BCUT2D eigenvalue weighted by molar-refractivity contribution is 7.71. The quantitative estimate of drug-likeness (QED) is 0.573. The van der Waals surface area contributed by atoms with Crippen LogP contribution in [0.1, 0.15) is 18.4 Å². The zero-order chi connectivity index (χ0) is 18.8. The van der Waals surface area contributed by atoms with Gasteiger partial charge in [-0.25, -0.2) is 4.68 Å². The van der Waals surface area contributed by atoms with Gasteiger partial charge in [0.05, 0.1) is 13.8 Å². The van der Waals surface area contributed by atoms with E-state index in [-0.39, 0.29) is 0 Å². The molecule has 0 unspecified atom stereocenters. The Morgan fingerprint density at radius 2 is 1.89 bits per heavy atom. The average Bonchev–Trinajstić information content (AvgIpc) is 3.47. The number of benzene rings is 2. The van der Waals surface area contributed by atoms with E-state index in [2.05, 4.69) is 27.1 Å². The van der Waals surface area contributed by atoms with Crippen LogP contribution in [0.25, 0.3) is 11.4 Å². The lowest BCUT2D eigenvalue weighted by molar-refractivity contribution is 0.187. The summed E-state index contributed by atoms with van der Waals surface area (Å²) >= 11 is 11.4. The highest BCUT2D eigenvalue weighted by atomic mass is 35.5. The lowest BCUT2D eigenvalue weighted by Crippen LogP contribution is -2.28. The lowest BCUT2D eigenvalue weighted by atomic mass is 10.2. The van der Waals surface area contributed by atoms with Crippen LogP contribution in [-0.2, 0) is 13.2 Å². The minimum absolute atomic E-state index is 0.556. The highest BCUT2D eigenvalue weighted by Crippen LogP contribution is 2.29. The molecule has 4 rings (SSSR count). The van der Waals surface area contributed by atoms with Crippen molar-refractivity contribution in [1.82, 2.24) is 19.7 Å². The fourth-order valence-electron chi connectivity index (χ4n) is 3.07. The van der Waals surface area contributed by atoms with Crippen molar-refractivity contribution in [2.45, 2.75) is 32.1 Å². The molecule has 0 amide bonds. The number of hydrogen-bond donors (Lipinski definition) is 1. The number of ether oxygens (including phenoxy) is 1. The summed E-state index contributed by atoms with van der Waals surface area (Å²) < 4.78 is 7.73. The van der Waals surface area contributed by atoms with Gasteiger partial charge in [0.15, 0.2) is 5.82 Å². The molecule has 1 saturated carbocycles. The first-order valence-corrected chi connectivity index (χ1v) is 9.71. The molecule has 5 nitrogen and oxygen atoms in total.